The molecule has 3 aromatic carbocycles. The molecule has 0 spiro atoms. The van der Waals surface area contributed by atoms with E-state index in [9.17, 15) is 13.2 Å². The second-order valence-corrected chi connectivity index (χ2v) is 12.5. The van der Waals surface area contributed by atoms with Crippen LogP contribution >= 0.6 is 27.5 Å². The normalized spacial score (nSPS) is 11.4. The molecule has 1 aromatic heterocycles. The summed E-state index contributed by atoms with van der Waals surface area (Å²) < 4.78 is 47.8. The molecule has 10 nitrogen and oxygen atoms in total. The quantitative estimate of drug-likeness (QED) is 0.156. The number of carbonyl (C=O) groups is 1. The van der Waals surface area contributed by atoms with Crippen molar-refractivity contribution in [2.24, 2.45) is 5.10 Å². The first-order chi connectivity index (χ1) is 20.5. The summed E-state index contributed by atoms with van der Waals surface area (Å²) in [7, 11) is -0.105. The summed E-state index contributed by atoms with van der Waals surface area (Å²) in [6.07, 6.45) is 1.52. The van der Waals surface area contributed by atoms with Gasteiger partial charge in [-0.1, -0.05) is 27.5 Å². The lowest BCUT2D eigenvalue weighted by Crippen LogP contribution is -2.39. The molecule has 0 atom stereocenters. The third-order valence-corrected chi connectivity index (χ3v) is 9.11. The zero-order valence-corrected chi connectivity index (χ0v) is 27.2. The fourth-order valence-electron chi connectivity index (χ4n) is 4.51. The number of amides is 1. The minimum absolute atomic E-state index is 0.0713. The summed E-state index contributed by atoms with van der Waals surface area (Å²) in [4.78, 5) is 13.0. The van der Waals surface area contributed by atoms with Crippen LogP contribution in [0, 0.1) is 13.8 Å². The molecule has 1 heterocycles. The highest BCUT2D eigenvalue weighted by atomic mass is 79.9. The summed E-state index contributed by atoms with van der Waals surface area (Å²) in [5.74, 6) is 0.0606. The maximum absolute atomic E-state index is 14.0. The van der Waals surface area contributed by atoms with Crippen LogP contribution in [0.3, 0.4) is 0 Å². The first-order valence-electron chi connectivity index (χ1n) is 12.8. The highest BCUT2D eigenvalue weighted by Crippen LogP contribution is 2.37. The number of nitrogens with one attached hydrogen (secondary N) is 1. The van der Waals surface area contributed by atoms with Crippen molar-refractivity contribution in [3.05, 3.63) is 93.2 Å². The summed E-state index contributed by atoms with van der Waals surface area (Å²) in [6, 6.07) is 18.5. The van der Waals surface area contributed by atoms with Crippen molar-refractivity contribution >= 4 is 55.4 Å². The topological polar surface area (TPSA) is 111 Å². The Morgan fingerprint density at radius 3 is 2.26 bits per heavy atom. The monoisotopic (exact) mass is 688 g/mol. The van der Waals surface area contributed by atoms with Gasteiger partial charge in [0.15, 0.2) is 11.5 Å². The van der Waals surface area contributed by atoms with E-state index in [2.05, 4.69) is 31.0 Å². The first kappa shape index (κ1) is 31.9. The number of rotatable bonds is 11. The Bertz CT molecular complexity index is 1770. The molecule has 4 aromatic rings. The predicted octanol–water partition coefficient (Wildman–Crippen LogP) is 5.88. The molecule has 43 heavy (non-hydrogen) atoms. The Balaban J connectivity index is 1.64. The Hall–Kier alpha value is -4.00. The van der Waals surface area contributed by atoms with Crippen LogP contribution in [0.4, 0.5) is 5.69 Å². The van der Waals surface area contributed by atoms with Crippen molar-refractivity contribution in [3.8, 4) is 22.9 Å². The predicted molar refractivity (Wildman–Crippen MR) is 171 cm³/mol. The highest BCUT2D eigenvalue weighted by molar-refractivity contribution is 9.10. The van der Waals surface area contributed by atoms with Gasteiger partial charge >= 0.3 is 0 Å². The average molecular weight is 690 g/mol. The summed E-state index contributed by atoms with van der Waals surface area (Å²) in [5, 5.41) is 4.37. The third kappa shape index (κ3) is 6.98. The van der Waals surface area contributed by atoms with Crippen molar-refractivity contribution in [2.75, 3.05) is 32.2 Å². The Kier molecular flexibility index (Phi) is 10.0. The number of sulfonamides is 1. The van der Waals surface area contributed by atoms with Gasteiger partial charge < -0.3 is 18.8 Å². The van der Waals surface area contributed by atoms with E-state index in [4.69, 9.17) is 25.8 Å². The lowest BCUT2D eigenvalue weighted by Gasteiger charge is -2.25. The largest absolute Gasteiger partial charge is 0.495 e. The number of hydrogen-bond donors (Lipinski definition) is 1. The van der Waals surface area contributed by atoms with Crippen LogP contribution in [-0.2, 0) is 14.8 Å². The van der Waals surface area contributed by atoms with Crippen molar-refractivity contribution in [1.29, 1.82) is 0 Å². The Labute approximate surface area is 264 Å². The fraction of sp³-hybridized carbons (Fsp3) is 0.200. The van der Waals surface area contributed by atoms with Crippen LogP contribution < -0.4 is 23.9 Å². The zero-order chi connectivity index (χ0) is 31.3. The van der Waals surface area contributed by atoms with Crippen LogP contribution in [0.1, 0.15) is 17.0 Å². The molecule has 0 fully saturated rings. The van der Waals surface area contributed by atoms with E-state index >= 15 is 0 Å². The van der Waals surface area contributed by atoms with E-state index < -0.39 is 22.5 Å². The summed E-state index contributed by atoms with van der Waals surface area (Å²) in [6.45, 7) is 3.30. The van der Waals surface area contributed by atoms with Gasteiger partial charge in [0.2, 0.25) is 0 Å². The number of anilines is 1. The maximum Gasteiger partial charge on any atom is 0.265 e. The average Bonchev–Trinajstić information content (AvgIpc) is 3.27. The molecular weight excluding hydrogens is 660 g/mol. The van der Waals surface area contributed by atoms with Crippen LogP contribution in [0.2, 0.25) is 5.02 Å². The van der Waals surface area contributed by atoms with Gasteiger partial charge in [0.1, 0.15) is 12.3 Å². The van der Waals surface area contributed by atoms with Gasteiger partial charge in [-0.2, -0.15) is 5.10 Å². The maximum atomic E-state index is 14.0. The van der Waals surface area contributed by atoms with Gasteiger partial charge in [-0.05, 0) is 74.5 Å². The van der Waals surface area contributed by atoms with Crippen LogP contribution in [0.25, 0.3) is 5.69 Å². The van der Waals surface area contributed by atoms with Crippen LogP contribution in [0.15, 0.2) is 81.2 Å². The fourth-order valence-corrected chi connectivity index (χ4v) is 6.38. The summed E-state index contributed by atoms with van der Waals surface area (Å²) in [5.41, 5.74) is 6.17. The Morgan fingerprint density at radius 1 is 0.953 bits per heavy atom. The van der Waals surface area contributed by atoms with Gasteiger partial charge in [0, 0.05) is 38.2 Å². The van der Waals surface area contributed by atoms with E-state index in [0.29, 0.717) is 5.75 Å². The highest BCUT2D eigenvalue weighted by Gasteiger charge is 2.30. The van der Waals surface area contributed by atoms with Crippen molar-refractivity contribution < 1.29 is 27.4 Å². The molecule has 1 amide bonds. The third-order valence-electron chi connectivity index (χ3n) is 6.59. The SMILES string of the molecule is COc1ccc(S(=O)(=O)N(CC(=O)N/N=C/c2cc(C)n(-c3ccc(Br)cc3)c2C)c2cc(Cl)ccc2OC)cc1OC. The first-order valence-corrected chi connectivity index (χ1v) is 15.5. The van der Waals surface area contributed by atoms with Gasteiger partial charge in [0.05, 0.1) is 38.1 Å². The number of nitrogens with zero attached hydrogens (tertiary/aromatic N) is 3. The van der Waals surface area contributed by atoms with E-state index in [0.717, 1.165) is 31.4 Å². The molecule has 0 saturated heterocycles. The molecule has 0 aliphatic carbocycles. The van der Waals surface area contributed by atoms with Crippen LogP contribution in [-0.4, -0.2) is 53.0 Å². The molecule has 13 heteroatoms. The number of hydrogen-bond acceptors (Lipinski definition) is 7. The van der Waals surface area contributed by atoms with Gasteiger partial charge in [-0.3, -0.25) is 9.10 Å². The molecule has 0 saturated carbocycles. The molecule has 0 aliphatic rings. The second kappa shape index (κ2) is 13.5. The molecule has 0 aliphatic heterocycles. The lowest BCUT2D eigenvalue weighted by molar-refractivity contribution is -0.119. The van der Waals surface area contributed by atoms with Gasteiger partial charge in [-0.25, -0.2) is 13.8 Å². The lowest BCUT2D eigenvalue weighted by atomic mass is 10.2. The van der Waals surface area contributed by atoms with Gasteiger partial charge in [0.25, 0.3) is 15.9 Å². The van der Waals surface area contributed by atoms with E-state index in [1.54, 1.807) is 6.07 Å². The smallest absolute Gasteiger partial charge is 0.265 e. The number of ether oxygens (including phenoxy) is 3. The number of methoxy groups -OCH3 is 3. The minimum atomic E-state index is -4.34. The van der Waals surface area contributed by atoms with Crippen LogP contribution in [0.5, 0.6) is 17.2 Å². The number of hydrazone groups is 1. The number of aryl methyl sites for hydroxylation is 1. The molecule has 0 bridgehead atoms. The number of benzene rings is 3. The number of halogens is 2. The van der Waals surface area contributed by atoms with E-state index in [1.807, 2.05) is 44.2 Å². The van der Waals surface area contributed by atoms with Gasteiger partial charge in [-0.15, -0.1) is 0 Å². The minimum Gasteiger partial charge on any atom is -0.495 e. The van der Waals surface area contributed by atoms with E-state index in [-0.39, 0.29) is 27.1 Å². The molecule has 4 rings (SSSR count). The van der Waals surface area contributed by atoms with Crippen molar-refractivity contribution in [1.82, 2.24) is 9.99 Å². The van der Waals surface area contributed by atoms with Crippen molar-refractivity contribution in [3.63, 3.8) is 0 Å². The molecule has 0 radical (unpaired) electrons. The molecule has 0 unspecified atom stereocenters. The van der Waals surface area contributed by atoms with Crippen molar-refractivity contribution in [2.45, 2.75) is 18.7 Å². The number of aromatic nitrogens is 1. The summed E-state index contributed by atoms with van der Waals surface area (Å²) >= 11 is 9.68. The number of carbonyl (C=O) groups excluding carboxylic acids is 1. The standard InChI is InChI=1S/C30H30BrClN4O6S/c1-19-14-21(20(2)36(19)24-9-6-22(31)7-10-24)17-33-34-30(37)18-35(26-15-23(32)8-12-27(26)40-3)43(38,39)25-11-13-28(41-4)29(16-25)42-5/h6-17H,18H2,1-5H3,(H,34,37)/b33-17+. The molecule has 1 N–H and O–H groups in total. The second-order valence-electron chi connectivity index (χ2n) is 9.28. The van der Waals surface area contributed by atoms with E-state index in [1.165, 1.54) is 57.9 Å². The zero-order valence-electron chi connectivity index (χ0n) is 24.1. The Morgan fingerprint density at radius 2 is 1.60 bits per heavy atom. The molecular formula is C30H30BrClN4O6S. The molecule has 226 valence electrons.